The summed E-state index contributed by atoms with van der Waals surface area (Å²) in [5, 5.41) is 12.8. The molecule has 2 atom stereocenters. The zero-order valence-corrected chi connectivity index (χ0v) is 11.9. The van der Waals surface area contributed by atoms with E-state index in [-0.39, 0.29) is 11.9 Å². The summed E-state index contributed by atoms with van der Waals surface area (Å²) >= 11 is 0. The average Bonchev–Trinajstić information content (AvgIpc) is 3.00. The van der Waals surface area contributed by atoms with Crippen molar-refractivity contribution in [2.45, 2.75) is 25.5 Å². The summed E-state index contributed by atoms with van der Waals surface area (Å²) in [4.78, 5) is 11.8. The van der Waals surface area contributed by atoms with Crippen LogP contribution < -0.4 is 5.32 Å². The van der Waals surface area contributed by atoms with Crippen molar-refractivity contribution in [1.29, 1.82) is 0 Å². The molecule has 1 heterocycles. The highest BCUT2D eigenvalue weighted by Crippen LogP contribution is 2.18. The number of aliphatic hydroxyl groups excluding tert-OH is 1. The molecule has 110 valence electrons. The van der Waals surface area contributed by atoms with Gasteiger partial charge in [-0.25, -0.2) is 0 Å². The van der Waals surface area contributed by atoms with Gasteiger partial charge in [0.2, 0.25) is 5.91 Å². The van der Waals surface area contributed by atoms with Crippen molar-refractivity contribution in [3.05, 3.63) is 66.1 Å². The highest BCUT2D eigenvalue weighted by atomic mass is 16.4. The number of rotatable bonds is 6. The molecule has 4 nitrogen and oxygen atoms in total. The number of hydrogen-bond donors (Lipinski definition) is 2. The first-order chi connectivity index (χ1) is 10.1. The normalized spacial score (nSPS) is 14.0. The van der Waals surface area contributed by atoms with Crippen molar-refractivity contribution >= 4 is 12.0 Å². The lowest BCUT2D eigenvalue weighted by molar-refractivity contribution is -0.117. The summed E-state index contributed by atoms with van der Waals surface area (Å²) in [6, 6.07) is 12.9. The van der Waals surface area contributed by atoms with E-state index in [1.807, 2.05) is 37.3 Å². The van der Waals surface area contributed by atoms with Gasteiger partial charge in [-0.05, 0) is 30.7 Å². The van der Waals surface area contributed by atoms with Crippen LogP contribution in [0, 0.1) is 0 Å². The summed E-state index contributed by atoms with van der Waals surface area (Å²) in [5.74, 6) is 0.328. The molecule has 2 unspecified atom stereocenters. The van der Waals surface area contributed by atoms with Crippen LogP contribution in [0.1, 0.15) is 30.8 Å². The Morgan fingerprint density at radius 3 is 2.71 bits per heavy atom. The summed E-state index contributed by atoms with van der Waals surface area (Å²) in [5.41, 5.74) is 0.968. The SMILES string of the molecule is CC(CC(O)c1ccco1)NC(=O)/C=C/c1ccccc1. The second-order valence-electron chi connectivity index (χ2n) is 4.92. The Balaban J connectivity index is 1.81. The molecule has 2 rings (SSSR count). The van der Waals surface area contributed by atoms with Gasteiger partial charge in [0.1, 0.15) is 11.9 Å². The van der Waals surface area contributed by atoms with E-state index < -0.39 is 6.10 Å². The maximum atomic E-state index is 11.8. The number of aliphatic hydroxyl groups is 1. The zero-order chi connectivity index (χ0) is 15.1. The average molecular weight is 285 g/mol. The van der Waals surface area contributed by atoms with E-state index in [0.29, 0.717) is 12.2 Å². The highest BCUT2D eigenvalue weighted by Gasteiger charge is 2.15. The summed E-state index contributed by atoms with van der Waals surface area (Å²) < 4.78 is 5.13. The van der Waals surface area contributed by atoms with E-state index in [1.165, 1.54) is 12.3 Å². The maximum Gasteiger partial charge on any atom is 0.244 e. The molecule has 0 fully saturated rings. The molecule has 21 heavy (non-hydrogen) atoms. The van der Waals surface area contributed by atoms with Gasteiger partial charge in [-0.3, -0.25) is 4.79 Å². The molecule has 0 aliphatic heterocycles. The first-order valence-electron chi connectivity index (χ1n) is 6.90. The van der Waals surface area contributed by atoms with Crippen molar-refractivity contribution in [2.75, 3.05) is 0 Å². The summed E-state index contributed by atoms with van der Waals surface area (Å²) in [7, 11) is 0. The smallest absolute Gasteiger partial charge is 0.244 e. The largest absolute Gasteiger partial charge is 0.467 e. The summed E-state index contributed by atoms with van der Waals surface area (Å²) in [6.07, 6.45) is 4.45. The minimum Gasteiger partial charge on any atom is -0.467 e. The van der Waals surface area contributed by atoms with Crippen molar-refractivity contribution in [3.63, 3.8) is 0 Å². The van der Waals surface area contributed by atoms with Crippen molar-refractivity contribution in [3.8, 4) is 0 Å². The lowest BCUT2D eigenvalue weighted by Gasteiger charge is -2.15. The third-order valence-electron chi connectivity index (χ3n) is 3.06. The van der Waals surface area contributed by atoms with Crippen LogP contribution in [0.4, 0.5) is 0 Å². The molecule has 1 aromatic carbocycles. The fourth-order valence-electron chi connectivity index (χ4n) is 2.02. The van der Waals surface area contributed by atoms with Gasteiger partial charge >= 0.3 is 0 Å². The molecule has 4 heteroatoms. The van der Waals surface area contributed by atoms with Crippen LogP contribution in [0.2, 0.25) is 0 Å². The van der Waals surface area contributed by atoms with Crippen LogP contribution >= 0.6 is 0 Å². The first-order valence-corrected chi connectivity index (χ1v) is 6.90. The van der Waals surface area contributed by atoms with Gasteiger partial charge in [0.15, 0.2) is 0 Å². The predicted octanol–water partition coefficient (Wildman–Crippen LogP) is 2.92. The molecule has 0 spiro atoms. The Bertz CT molecular complexity index is 575. The molecular formula is C17H19NO3. The van der Waals surface area contributed by atoms with Gasteiger partial charge in [0.05, 0.1) is 6.26 Å². The van der Waals surface area contributed by atoms with Crippen LogP contribution in [0.3, 0.4) is 0 Å². The molecule has 0 aliphatic rings. The fraction of sp³-hybridized carbons (Fsp3) is 0.235. The van der Waals surface area contributed by atoms with Crippen LogP contribution in [0.15, 0.2) is 59.2 Å². The second-order valence-corrected chi connectivity index (χ2v) is 4.92. The molecule has 0 saturated carbocycles. The van der Waals surface area contributed by atoms with Gasteiger partial charge in [0.25, 0.3) is 0 Å². The molecule has 0 saturated heterocycles. The van der Waals surface area contributed by atoms with Gasteiger partial charge in [-0.2, -0.15) is 0 Å². The second kappa shape index (κ2) is 7.45. The van der Waals surface area contributed by atoms with Gasteiger partial charge in [-0.15, -0.1) is 0 Å². The van der Waals surface area contributed by atoms with Crippen LogP contribution in [-0.4, -0.2) is 17.1 Å². The van der Waals surface area contributed by atoms with E-state index in [1.54, 1.807) is 18.2 Å². The van der Waals surface area contributed by atoms with Gasteiger partial charge in [0, 0.05) is 18.5 Å². The number of amides is 1. The van der Waals surface area contributed by atoms with Crippen LogP contribution in [0.5, 0.6) is 0 Å². The number of benzene rings is 1. The number of nitrogens with one attached hydrogen (secondary N) is 1. The van der Waals surface area contributed by atoms with Crippen LogP contribution in [-0.2, 0) is 4.79 Å². The Morgan fingerprint density at radius 1 is 1.29 bits per heavy atom. The molecule has 0 bridgehead atoms. The predicted molar refractivity (Wildman–Crippen MR) is 81.4 cm³/mol. The number of furan rings is 1. The Labute approximate surface area is 124 Å². The molecule has 0 aliphatic carbocycles. The van der Waals surface area contributed by atoms with E-state index in [2.05, 4.69) is 5.32 Å². The molecular weight excluding hydrogens is 266 g/mol. The Kier molecular flexibility index (Phi) is 5.35. The van der Waals surface area contributed by atoms with Crippen molar-refractivity contribution in [1.82, 2.24) is 5.32 Å². The van der Waals surface area contributed by atoms with E-state index in [0.717, 1.165) is 5.56 Å². The quantitative estimate of drug-likeness (QED) is 0.802. The minimum absolute atomic E-state index is 0.155. The number of carbonyl (C=O) groups is 1. The molecule has 0 radical (unpaired) electrons. The summed E-state index contributed by atoms with van der Waals surface area (Å²) in [6.45, 7) is 1.85. The van der Waals surface area contributed by atoms with Crippen molar-refractivity contribution < 1.29 is 14.3 Å². The van der Waals surface area contributed by atoms with Crippen molar-refractivity contribution in [2.24, 2.45) is 0 Å². The van der Waals surface area contributed by atoms with Crippen LogP contribution in [0.25, 0.3) is 6.08 Å². The fourth-order valence-corrected chi connectivity index (χ4v) is 2.02. The van der Waals surface area contributed by atoms with E-state index >= 15 is 0 Å². The lowest BCUT2D eigenvalue weighted by atomic mass is 10.1. The molecule has 1 amide bonds. The topological polar surface area (TPSA) is 62.5 Å². The lowest BCUT2D eigenvalue weighted by Crippen LogP contribution is -2.32. The molecule has 1 aromatic heterocycles. The highest BCUT2D eigenvalue weighted by molar-refractivity contribution is 5.91. The van der Waals surface area contributed by atoms with E-state index in [9.17, 15) is 9.90 Å². The Morgan fingerprint density at radius 2 is 2.05 bits per heavy atom. The third-order valence-corrected chi connectivity index (χ3v) is 3.06. The van der Waals surface area contributed by atoms with Gasteiger partial charge in [-0.1, -0.05) is 30.3 Å². The number of carbonyl (C=O) groups excluding carboxylic acids is 1. The maximum absolute atomic E-state index is 11.8. The zero-order valence-electron chi connectivity index (χ0n) is 11.9. The molecule has 2 aromatic rings. The monoisotopic (exact) mass is 285 g/mol. The molecule has 2 N–H and O–H groups in total. The number of hydrogen-bond acceptors (Lipinski definition) is 3. The first kappa shape index (κ1) is 15.1. The van der Waals surface area contributed by atoms with E-state index in [4.69, 9.17) is 4.42 Å². The standard InChI is InChI=1S/C17H19NO3/c1-13(12-15(19)16-8-5-11-21-16)18-17(20)10-9-14-6-3-2-4-7-14/h2-11,13,15,19H,12H2,1H3,(H,18,20)/b10-9+. The van der Waals surface area contributed by atoms with Gasteiger partial charge < -0.3 is 14.8 Å². The third kappa shape index (κ3) is 4.93. The Hall–Kier alpha value is -2.33. The minimum atomic E-state index is -0.714.